The topological polar surface area (TPSA) is 99.9 Å². The van der Waals surface area contributed by atoms with Gasteiger partial charge in [-0.3, -0.25) is 10.1 Å². The van der Waals surface area contributed by atoms with Crippen molar-refractivity contribution in [3.8, 4) is 11.4 Å². The lowest BCUT2D eigenvalue weighted by atomic mass is 10.1. The van der Waals surface area contributed by atoms with E-state index in [0.29, 0.717) is 11.9 Å². The Hall–Kier alpha value is -2.42. The van der Waals surface area contributed by atoms with Crippen molar-refractivity contribution in [1.29, 1.82) is 0 Å². The highest BCUT2D eigenvalue weighted by molar-refractivity contribution is 5.68. The molecular formula is C12H11F2N5O2. The first-order valence-corrected chi connectivity index (χ1v) is 6.30. The number of rotatable bonds is 4. The zero-order chi connectivity index (χ0) is 15.1. The lowest BCUT2D eigenvalue weighted by molar-refractivity contribution is -0.384. The summed E-state index contributed by atoms with van der Waals surface area (Å²) in [6, 6.07) is 1.43. The van der Waals surface area contributed by atoms with E-state index in [2.05, 4.69) is 10.2 Å². The standard InChI is InChI=1S/C12H11F2N5O2/c13-8-3-7(10(19(20)21)4-9(8)14)12-17-16-11(5-15)18(12)6-1-2-6/h3-4,6H,1-2,5,15H2. The molecule has 0 bridgehead atoms. The van der Waals surface area contributed by atoms with E-state index < -0.39 is 22.2 Å². The third-order valence-corrected chi connectivity index (χ3v) is 3.34. The highest BCUT2D eigenvalue weighted by Crippen LogP contribution is 2.41. The molecular weight excluding hydrogens is 284 g/mol. The van der Waals surface area contributed by atoms with Crippen LogP contribution in [-0.2, 0) is 6.54 Å². The van der Waals surface area contributed by atoms with Gasteiger partial charge in [-0.25, -0.2) is 8.78 Å². The smallest absolute Gasteiger partial charge is 0.283 e. The molecule has 2 aromatic rings. The minimum absolute atomic E-state index is 0.0984. The molecule has 0 unspecified atom stereocenters. The van der Waals surface area contributed by atoms with Crippen LogP contribution < -0.4 is 5.73 Å². The zero-order valence-corrected chi connectivity index (χ0v) is 10.8. The summed E-state index contributed by atoms with van der Waals surface area (Å²) in [5.41, 5.74) is 4.92. The number of benzene rings is 1. The molecule has 0 saturated heterocycles. The second-order valence-corrected chi connectivity index (χ2v) is 4.79. The minimum Gasteiger partial charge on any atom is -0.324 e. The average molecular weight is 295 g/mol. The summed E-state index contributed by atoms with van der Waals surface area (Å²) in [7, 11) is 0. The molecule has 2 N–H and O–H groups in total. The second kappa shape index (κ2) is 4.85. The van der Waals surface area contributed by atoms with Crippen molar-refractivity contribution in [3.63, 3.8) is 0 Å². The molecule has 3 rings (SSSR count). The van der Waals surface area contributed by atoms with Crippen molar-refractivity contribution in [1.82, 2.24) is 14.8 Å². The molecule has 110 valence electrons. The van der Waals surface area contributed by atoms with Crippen LogP contribution in [0.3, 0.4) is 0 Å². The van der Waals surface area contributed by atoms with Gasteiger partial charge in [0.1, 0.15) is 11.4 Å². The Kier molecular flexibility index (Phi) is 3.13. The predicted molar refractivity (Wildman–Crippen MR) is 68.2 cm³/mol. The van der Waals surface area contributed by atoms with Gasteiger partial charge in [0.05, 0.1) is 17.5 Å². The number of nitro groups is 1. The van der Waals surface area contributed by atoms with E-state index in [-0.39, 0.29) is 24.0 Å². The van der Waals surface area contributed by atoms with Gasteiger partial charge in [0.25, 0.3) is 5.69 Å². The van der Waals surface area contributed by atoms with Crippen LogP contribution in [-0.4, -0.2) is 19.7 Å². The van der Waals surface area contributed by atoms with Gasteiger partial charge in [-0.2, -0.15) is 0 Å². The maximum Gasteiger partial charge on any atom is 0.283 e. The quantitative estimate of drug-likeness (QED) is 0.686. The molecule has 9 heteroatoms. The van der Waals surface area contributed by atoms with E-state index in [1.807, 2.05) is 0 Å². The second-order valence-electron chi connectivity index (χ2n) is 4.79. The van der Waals surface area contributed by atoms with E-state index in [4.69, 9.17) is 5.73 Å². The molecule has 0 radical (unpaired) electrons. The van der Waals surface area contributed by atoms with Crippen molar-refractivity contribution in [2.75, 3.05) is 0 Å². The van der Waals surface area contributed by atoms with Crippen molar-refractivity contribution >= 4 is 5.69 Å². The molecule has 21 heavy (non-hydrogen) atoms. The van der Waals surface area contributed by atoms with Crippen LogP contribution in [0.5, 0.6) is 0 Å². The summed E-state index contributed by atoms with van der Waals surface area (Å²) < 4.78 is 28.4. The number of hydrogen-bond donors (Lipinski definition) is 1. The third kappa shape index (κ3) is 2.25. The molecule has 0 amide bonds. The SMILES string of the molecule is NCc1nnc(-c2cc(F)c(F)cc2[N+](=O)[O-])n1C1CC1. The molecule has 1 fully saturated rings. The van der Waals surface area contributed by atoms with Gasteiger partial charge in [0, 0.05) is 6.04 Å². The Labute approximate surface area is 117 Å². The fourth-order valence-corrected chi connectivity index (χ4v) is 2.23. The van der Waals surface area contributed by atoms with Crippen LogP contribution in [0.4, 0.5) is 14.5 Å². The van der Waals surface area contributed by atoms with Crippen LogP contribution in [0, 0.1) is 21.7 Å². The van der Waals surface area contributed by atoms with Crippen molar-refractivity contribution in [3.05, 3.63) is 39.7 Å². The van der Waals surface area contributed by atoms with E-state index in [1.54, 1.807) is 4.57 Å². The van der Waals surface area contributed by atoms with E-state index in [0.717, 1.165) is 18.9 Å². The van der Waals surface area contributed by atoms with Crippen LogP contribution in [0.15, 0.2) is 12.1 Å². The average Bonchev–Trinajstić information content (AvgIpc) is 3.20. The summed E-state index contributed by atoms with van der Waals surface area (Å²) in [4.78, 5) is 10.3. The third-order valence-electron chi connectivity index (χ3n) is 3.34. The molecule has 1 heterocycles. The maximum atomic E-state index is 13.5. The highest BCUT2D eigenvalue weighted by atomic mass is 19.2. The van der Waals surface area contributed by atoms with Gasteiger partial charge < -0.3 is 10.3 Å². The van der Waals surface area contributed by atoms with Gasteiger partial charge in [-0.05, 0) is 18.9 Å². The van der Waals surface area contributed by atoms with Gasteiger partial charge >= 0.3 is 0 Å². The lowest BCUT2D eigenvalue weighted by Gasteiger charge is -2.08. The zero-order valence-electron chi connectivity index (χ0n) is 10.8. The summed E-state index contributed by atoms with van der Waals surface area (Å²) in [5.74, 6) is -1.84. The Morgan fingerprint density at radius 3 is 2.57 bits per heavy atom. The molecule has 0 spiro atoms. The first kappa shape index (κ1) is 13.6. The fraction of sp³-hybridized carbons (Fsp3) is 0.333. The molecule has 1 aliphatic rings. The number of nitro benzene ring substituents is 1. The molecule has 0 atom stereocenters. The predicted octanol–water partition coefficient (Wildman–Crippen LogP) is 1.93. The lowest BCUT2D eigenvalue weighted by Crippen LogP contribution is -2.09. The number of nitrogens with two attached hydrogens (primary N) is 1. The summed E-state index contributed by atoms with van der Waals surface area (Å²) in [6.45, 7) is 0.112. The van der Waals surface area contributed by atoms with Gasteiger partial charge in [-0.1, -0.05) is 0 Å². The Morgan fingerprint density at radius 1 is 1.33 bits per heavy atom. The summed E-state index contributed by atoms with van der Waals surface area (Å²) in [5, 5.41) is 18.8. The summed E-state index contributed by atoms with van der Waals surface area (Å²) >= 11 is 0. The first-order chi connectivity index (χ1) is 10.0. The minimum atomic E-state index is -1.28. The maximum absolute atomic E-state index is 13.5. The van der Waals surface area contributed by atoms with Crippen molar-refractivity contribution in [2.45, 2.75) is 25.4 Å². The number of aromatic nitrogens is 3. The van der Waals surface area contributed by atoms with E-state index in [9.17, 15) is 18.9 Å². The van der Waals surface area contributed by atoms with Crippen molar-refractivity contribution in [2.24, 2.45) is 5.73 Å². The largest absolute Gasteiger partial charge is 0.324 e. The van der Waals surface area contributed by atoms with Gasteiger partial charge in [0.2, 0.25) is 0 Å². The number of halogens is 2. The van der Waals surface area contributed by atoms with Gasteiger partial charge in [0.15, 0.2) is 17.5 Å². The molecule has 1 aromatic heterocycles. The Morgan fingerprint density at radius 2 is 2.00 bits per heavy atom. The fourth-order valence-electron chi connectivity index (χ4n) is 2.23. The van der Waals surface area contributed by atoms with Crippen LogP contribution >= 0.6 is 0 Å². The van der Waals surface area contributed by atoms with E-state index >= 15 is 0 Å². The number of hydrogen-bond acceptors (Lipinski definition) is 5. The van der Waals surface area contributed by atoms with Gasteiger partial charge in [-0.15, -0.1) is 10.2 Å². The van der Waals surface area contributed by atoms with Crippen LogP contribution in [0.25, 0.3) is 11.4 Å². The van der Waals surface area contributed by atoms with E-state index in [1.165, 1.54) is 0 Å². The van der Waals surface area contributed by atoms with Crippen molar-refractivity contribution < 1.29 is 13.7 Å². The normalized spacial score (nSPS) is 14.4. The molecule has 0 aliphatic heterocycles. The molecule has 1 aliphatic carbocycles. The summed E-state index contributed by atoms with van der Waals surface area (Å²) in [6.07, 6.45) is 1.74. The number of nitrogens with zero attached hydrogens (tertiary/aromatic N) is 4. The van der Waals surface area contributed by atoms with Crippen LogP contribution in [0.2, 0.25) is 0 Å². The molecule has 1 saturated carbocycles. The highest BCUT2D eigenvalue weighted by Gasteiger charge is 2.32. The molecule has 1 aromatic carbocycles. The Balaban J connectivity index is 2.23. The monoisotopic (exact) mass is 295 g/mol. The Bertz CT molecular complexity index is 727. The van der Waals surface area contributed by atoms with Crippen LogP contribution in [0.1, 0.15) is 24.7 Å². The first-order valence-electron chi connectivity index (χ1n) is 6.30. The molecule has 7 nitrogen and oxygen atoms in total.